The fraction of sp³-hybridized carbons (Fsp3) is 0. The van der Waals surface area contributed by atoms with Crippen LogP contribution in [0.5, 0.6) is 0 Å². The van der Waals surface area contributed by atoms with E-state index < -0.39 is 0 Å². The number of hydrogen-bond acceptors (Lipinski definition) is 2. The summed E-state index contributed by atoms with van der Waals surface area (Å²) in [7, 11) is 0. The van der Waals surface area contributed by atoms with E-state index in [2.05, 4.69) is 106 Å². The number of furan rings is 1. The molecule has 0 saturated heterocycles. The molecule has 0 fully saturated rings. The molecule has 0 spiro atoms. The molecule has 9 aromatic rings. The average molecular weight is 500 g/mol. The molecule has 0 radical (unpaired) electrons. The number of pyridine rings is 1. The van der Waals surface area contributed by atoms with Crippen molar-refractivity contribution in [1.29, 1.82) is 0 Å². The van der Waals surface area contributed by atoms with Gasteiger partial charge in [0.15, 0.2) is 0 Å². The van der Waals surface area contributed by atoms with Gasteiger partial charge in [-0.05, 0) is 48.5 Å². The zero-order valence-electron chi connectivity index (χ0n) is 20.8. The molecule has 0 aliphatic heterocycles. The van der Waals surface area contributed by atoms with Crippen molar-refractivity contribution in [3.63, 3.8) is 0 Å². The molecule has 4 nitrogen and oxygen atoms in total. The van der Waals surface area contributed by atoms with Crippen LogP contribution in [0.25, 0.3) is 82.4 Å². The summed E-state index contributed by atoms with van der Waals surface area (Å²) in [4.78, 5) is 8.06. The molecule has 4 aromatic heterocycles. The third-order valence-corrected chi connectivity index (χ3v) is 7.99. The summed E-state index contributed by atoms with van der Waals surface area (Å²) >= 11 is 0. The highest BCUT2D eigenvalue weighted by molar-refractivity contribution is 6.19. The molecular formula is C35H21N3O. The molecule has 39 heavy (non-hydrogen) atoms. The van der Waals surface area contributed by atoms with Crippen LogP contribution in [-0.4, -0.2) is 14.5 Å². The monoisotopic (exact) mass is 499 g/mol. The van der Waals surface area contributed by atoms with E-state index in [1.807, 2.05) is 30.6 Å². The third kappa shape index (κ3) is 2.85. The van der Waals surface area contributed by atoms with Gasteiger partial charge in [-0.15, -0.1) is 0 Å². The zero-order valence-corrected chi connectivity index (χ0v) is 20.8. The molecule has 182 valence electrons. The highest BCUT2D eigenvalue weighted by Gasteiger charge is 2.19. The van der Waals surface area contributed by atoms with E-state index in [1.165, 1.54) is 32.6 Å². The molecule has 0 unspecified atom stereocenters. The summed E-state index contributed by atoms with van der Waals surface area (Å²) in [6, 6.07) is 38.7. The topological polar surface area (TPSA) is 46.8 Å². The zero-order chi connectivity index (χ0) is 25.5. The molecular weight excluding hydrogens is 478 g/mol. The molecule has 9 rings (SSSR count). The summed E-state index contributed by atoms with van der Waals surface area (Å²) in [5.41, 5.74) is 9.55. The fourth-order valence-corrected chi connectivity index (χ4v) is 6.27. The lowest BCUT2D eigenvalue weighted by Crippen LogP contribution is -1.95. The number of hydrogen-bond donors (Lipinski definition) is 1. The van der Waals surface area contributed by atoms with Crippen molar-refractivity contribution in [2.24, 2.45) is 0 Å². The highest BCUT2D eigenvalue weighted by Crippen LogP contribution is 2.41. The first-order chi connectivity index (χ1) is 19.3. The van der Waals surface area contributed by atoms with Crippen LogP contribution in [0.1, 0.15) is 0 Å². The molecule has 4 heteroatoms. The standard InChI is InChI=1S/C35H21N3O/c1-4-12-30-23(9-1)27-18-28-24-10-2-5-13-32(24)38(33(28)19-31(27)37-30)22-16-26(21-8-7-15-36-20-21)35-29(17-22)25-11-3-6-14-34(25)39-35/h1-20,37H. The number of rotatable bonds is 2. The Hall–Kier alpha value is -5.35. The summed E-state index contributed by atoms with van der Waals surface area (Å²) in [6.45, 7) is 0. The Morgan fingerprint density at radius 1 is 0.590 bits per heavy atom. The van der Waals surface area contributed by atoms with Gasteiger partial charge < -0.3 is 14.0 Å². The lowest BCUT2D eigenvalue weighted by molar-refractivity contribution is 0.670. The van der Waals surface area contributed by atoms with Gasteiger partial charge in [0.1, 0.15) is 11.2 Å². The van der Waals surface area contributed by atoms with Gasteiger partial charge in [-0.2, -0.15) is 0 Å². The van der Waals surface area contributed by atoms with E-state index in [0.717, 1.165) is 49.8 Å². The highest BCUT2D eigenvalue weighted by atomic mass is 16.3. The molecule has 4 heterocycles. The van der Waals surface area contributed by atoms with Gasteiger partial charge in [0.25, 0.3) is 0 Å². The molecule has 0 amide bonds. The van der Waals surface area contributed by atoms with Crippen LogP contribution >= 0.6 is 0 Å². The Morgan fingerprint density at radius 3 is 2.31 bits per heavy atom. The van der Waals surface area contributed by atoms with Crippen molar-refractivity contribution in [1.82, 2.24) is 14.5 Å². The number of fused-ring (bicyclic) bond motifs is 9. The second kappa shape index (κ2) is 7.59. The van der Waals surface area contributed by atoms with Gasteiger partial charge in [-0.3, -0.25) is 4.98 Å². The van der Waals surface area contributed by atoms with Gasteiger partial charge in [-0.1, -0.05) is 60.7 Å². The number of para-hydroxylation sites is 3. The molecule has 1 N–H and O–H groups in total. The molecule has 0 saturated carbocycles. The first-order valence-corrected chi connectivity index (χ1v) is 13.1. The van der Waals surface area contributed by atoms with Gasteiger partial charge in [-0.25, -0.2) is 0 Å². The molecule has 0 atom stereocenters. The summed E-state index contributed by atoms with van der Waals surface area (Å²) in [5.74, 6) is 0. The van der Waals surface area contributed by atoms with Crippen molar-refractivity contribution in [2.75, 3.05) is 0 Å². The number of aromatic nitrogens is 3. The van der Waals surface area contributed by atoms with Gasteiger partial charge in [0.2, 0.25) is 0 Å². The molecule has 0 bridgehead atoms. The first kappa shape index (κ1) is 20.7. The number of aromatic amines is 1. The van der Waals surface area contributed by atoms with E-state index in [9.17, 15) is 0 Å². The van der Waals surface area contributed by atoms with Crippen LogP contribution in [0.15, 0.2) is 126 Å². The second-order valence-corrected chi connectivity index (χ2v) is 10.1. The van der Waals surface area contributed by atoms with Crippen molar-refractivity contribution in [3.8, 4) is 16.8 Å². The Balaban J connectivity index is 1.45. The predicted molar refractivity (Wildman–Crippen MR) is 161 cm³/mol. The summed E-state index contributed by atoms with van der Waals surface area (Å²) in [6.07, 6.45) is 3.72. The van der Waals surface area contributed by atoms with Crippen LogP contribution in [-0.2, 0) is 0 Å². The third-order valence-electron chi connectivity index (χ3n) is 7.99. The predicted octanol–water partition coefficient (Wildman–Crippen LogP) is 9.38. The van der Waals surface area contributed by atoms with Crippen LogP contribution in [0, 0.1) is 0 Å². The van der Waals surface area contributed by atoms with E-state index in [4.69, 9.17) is 4.42 Å². The van der Waals surface area contributed by atoms with Crippen LogP contribution in [0.4, 0.5) is 0 Å². The van der Waals surface area contributed by atoms with Gasteiger partial charge >= 0.3 is 0 Å². The Bertz CT molecular complexity index is 2390. The maximum Gasteiger partial charge on any atom is 0.143 e. The number of nitrogens with zero attached hydrogens (tertiary/aromatic N) is 2. The fourth-order valence-electron chi connectivity index (χ4n) is 6.27. The molecule has 0 aliphatic rings. The number of H-pyrrole nitrogens is 1. The SMILES string of the molecule is c1cncc(-c2cc(-n3c4ccccc4c4cc5c(cc43)[nH]c3ccccc35)cc3c2oc2ccccc23)c1. The maximum absolute atomic E-state index is 6.43. The second-order valence-electron chi connectivity index (χ2n) is 10.1. The lowest BCUT2D eigenvalue weighted by Gasteiger charge is -2.11. The van der Waals surface area contributed by atoms with Crippen molar-refractivity contribution >= 4 is 65.6 Å². The maximum atomic E-state index is 6.43. The Morgan fingerprint density at radius 2 is 1.41 bits per heavy atom. The quantitative estimate of drug-likeness (QED) is 0.257. The van der Waals surface area contributed by atoms with E-state index in [-0.39, 0.29) is 0 Å². The van der Waals surface area contributed by atoms with Crippen molar-refractivity contribution in [2.45, 2.75) is 0 Å². The molecule has 0 aliphatic carbocycles. The van der Waals surface area contributed by atoms with Crippen LogP contribution in [0.3, 0.4) is 0 Å². The van der Waals surface area contributed by atoms with E-state index >= 15 is 0 Å². The lowest BCUT2D eigenvalue weighted by atomic mass is 10.0. The van der Waals surface area contributed by atoms with Crippen LogP contribution in [0.2, 0.25) is 0 Å². The minimum Gasteiger partial charge on any atom is -0.455 e. The molecule has 5 aromatic carbocycles. The number of nitrogens with one attached hydrogen (secondary N) is 1. The first-order valence-electron chi connectivity index (χ1n) is 13.1. The van der Waals surface area contributed by atoms with E-state index in [1.54, 1.807) is 0 Å². The number of benzene rings is 5. The summed E-state index contributed by atoms with van der Waals surface area (Å²) < 4.78 is 8.82. The minimum atomic E-state index is 0.881. The van der Waals surface area contributed by atoms with E-state index in [0.29, 0.717) is 0 Å². The van der Waals surface area contributed by atoms with Gasteiger partial charge in [0, 0.05) is 72.6 Å². The smallest absolute Gasteiger partial charge is 0.143 e. The Labute approximate surface area is 222 Å². The van der Waals surface area contributed by atoms with Gasteiger partial charge in [0.05, 0.1) is 11.0 Å². The largest absolute Gasteiger partial charge is 0.455 e. The van der Waals surface area contributed by atoms with Crippen molar-refractivity contribution < 1.29 is 4.42 Å². The normalized spacial score (nSPS) is 12.1. The van der Waals surface area contributed by atoms with Crippen LogP contribution < -0.4 is 0 Å². The van der Waals surface area contributed by atoms with Crippen molar-refractivity contribution in [3.05, 3.63) is 122 Å². The Kier molecular flexibility index (Phi) is 4.02. The minimum absolute atomic E-state index is 0.881. The average Bonchev–Trinajstić information content (AvgIpc) is 3.65. The summed E-state index contributed by atoms with van der Waals surface area (Å²) in [5, 5.41) is 7.17.